The molecule has 1 fully saturated rings. The second-order valence-corrected chi connectivity index (χ2v) is 7.98. The van der Waals surface area contributed by atoms with Gasteiger partial charge in [-0.25, -0.2) is 14.8 Å². The fourth-order valence-electron chi connectivity index (χ4n) is 3.10. The molecule has 1 amide bonds. The van der Waals surface area contributed by atoms with Crippen LogP contribution in [-0.4, -0.2) is 52.9 Å². The van der Waals surface area contributed by atoms with Gasteiger partial charge in [0.15, 0.2) is 0 Å². The molecule has 1 aliphatic heterocycles. The second-order valence-electron chi connectivity index (χ2n) is 7.98. The Bertz CT molecular complexity index is 811. The average molecular weight is 387 g/mol. The van der Waals surface area contributed by atoms with E-state index in [0.717, 1.165) is 23.9 Å². The van der Waals surface area contributed by atoms with Crippen molar-refractivity contribution < 1.29 is 19.0 Å². The summed E-state index contributed by atoms with van der Waals surface area (Å²) in [4.78, 5) is 23.0. The first-order chi connectivity index (χ1) is 13.4. The smallest absolute Gasteiger partial charge is 0.410 e. The summed E-state index contributed by atoms with van der Waals surface area (Å²) >= 11 is 0. The van der Waals surface area contributed by atoms with Gasteiger partial charge in [0.1, 0.15) is 5.60 Å². The SMILES string of the molecule is CCOc1nc2ccccc2nc1OCC1CCN(C(=O)OC(C)(C)C)CC1. The standard InChI is InChI=1S/C21H29N3O4/c1-5-26-18-19(23-17-9-7-6-8-16(17)22-18)27-14-15-10-12-24(13-11-15)20(25)28-21(2,3)4/h6-9,15H,5,10-14H2,1-4H3. The van der Waals surface area contributed by atoms with Gasteiger partial charge in [-0.1, -0.05) is 12.1 Å². The van der Waals surface area contributed by atoms with Crippen molar-refractivity contribution in [2.24, 2.45) is 5.92 Å². The minimum absolute atomic E-state index is 0.245. The molecule has 7 nitrogen and oxygen atoms in total. The van der Waals surface area contributed by atoms with Crippen LogP contribution in [0.3, 0.4) is 0 Å². The maximum Gasteiger partial charge on any atom is 0.410 e. The van der Waals surface area contributed by atoms with Crippen LogP contribution in [0.25, 0.3) is 11.0 Å². The van der Waals surface area contributed by atoms with Crippen LogP contribution < -0.4 is 9.47 Å². The molecule has 0 spiro atoms. The average Bonchev–Trinajstić information content (AvgIpc) is 2.65. The topological polar surface area (TPSA) is 73.8 Å². The number of hydrogen-bond donors (Lipinski definition) is 0. The fraction of sp³-hybridized carbons (Fsp3) is 0.571. The number of para-hydroxylation sites is 2. The van der Waals surface area contributed by atoms with Gasteiger partial charge in [-0.05, 0) is 58.6 Å². The highest BCUT2D eigenvalue weighted by Crippen LogP contribution is 2.27. The maximum absolute atomic E-state index is 12.2. The Balaban J connectivity index is 1.58. The largest absolute Gasteiger partial charge is 0.474 e. The first-order valence-electron chi connectivity index (χ1n) is 9.86. The van der Waals surface area contributed by atoms with Crippen molar-refractivity contribution in [3.63, 3.8) is 0 Å². The molecular formula is C21H29N3O4. The highest BCUT2D eigenvalue weighted by molar-refractivity contribution is 5.75. The number of carbonyl (C=O) groups is 1. The highest BCUT2D eigenvalue weighted by atomic mass is 16.6. The van der Waals surface area contributed by atoms with Crippen molar-refractivity contribution in [2.45, 2.75) is 46.1 Å². The van der Waals surface area contributed by atoms with E-state index in [0.29, 0.717) is 44.0 Å². The van der Waals surface area contributed by atoms with Crippen molar-refractivity contribution in [1.29, 1.82) is 0 Å². The molecule has 0 bridgehead atoms. The van der Waals surface area contributed by atoms with Gasteiger partial charge in [0.25, 0.3) is 11.8 Å². The lowest BCUT2D eigenvalue weighted by Gasteiger charge is -2.33. The zero-order valence-corrected chi connectivity index (χ0v) is 17.1. The van der Waals surface area contributed by atoms with E-state index in [1.165, 1.54) is 0 Å². The predicted molar refractivity (Wildman–Crippen MR) is 107 cm³/mol. The summed E-state index contributed by atoms with van der Waals surface area (Å²) in [5.41, 5.74) is 1.09. The lowest BCUT2D eigenvalue weighted by atomic mass is 9.98. The van der Waals surface area contributed by atoms with E-state index in [9.17, 15) is 4.79 Å². The summed E-state index contributed by atoms with van der Waals surface area (Å²) in [5.74, 6) is 1.20. The van der Waals surface area contributed by atoms with Crippen LogP contribution in [0.1, 0.15) is 40.5 Å². The van der Waals surface area contributed by atoms with E-state index in [1.54, 1.807) is 4.90 Å². The van der Waals surface area contributed by atoms with E-state index in [-0.39, 0.29) is 6.09 Å². The van der Waals surface area contributed by atoms with Crippen molar-refractivity contribution in [1.82, 2.24) is 14.9 Å². The fourth-order valence-corrected chi connectivity index (χ4v) is 3.10. The Hall–Kier alpha value is -2.57. The molecule has 0 aliphatic carbocycles. The van der Waals surface area contributed by atoms with Crippen molar-refractivity contribution in [3.05, 3.63) is 24.3 Å². The number of nitrogens with zero attached hydrogens (tertiary/aromatic N) is 3. The molecule has 0 radical (unpaired) electrons. The number of piperidine rings is 1. The summed E-state index contributed by atoms with van der Waals surface area (Å²) in [6.45, 7) is 9.92. The van der Waals surface area contributed by atoms with Gasteiger partial charge < -0.3 is 19.1 Å². The third-order valence-electron chi connectivity index (χ3n) is 4.51. The Kier molecular flexibility index (Phi) is 6.21. The molecule has 1 saturated heterocycles. The predicted octanol–water partition coefficient (Wildman–Crippen LogP) is 4.05. The molecule has 1 aromatic heterocycles. The Morgan fingerprint density at radius 3 is 2.18 bits per heavy atom. The van der Waals surface area contributed by atoms with Crippen LogP contribution in [0.5, 0.6) is 11.8 Å². The molecule has 2 aromatic rings. The lowest BCUT2D eigenvalue weighted by molar-refractivity contribution is 0.0163. The van der Waals surface area contributed by atoms with Crippen LogP contribution in [0.4, 0.5) is 4.79 Å². The number of rotatable bonds is 5. The molecule has 7 heteroatoms. The first-order valence-corrected chi connectivity index (χ1v) is 9.86. The number of hydrogen-bond acceptors (Lipinski definition) is 6. The molecule has 28 heavy (non-hydrogen) atoms. The van der Waals surface area contributed by atoms with Gasteiger partial charge in [0.05, 0.1) is 24.2 Å². The minimum Gasteiger partial charge on any atom is -0.474 e. The molecule has 1 aliphatic rings. The number of ether oxygens (including phenoxy) is 3. The molecule has 0 saturated carbocycles. The maximum atomic E-state index is 12.2. The number of likely N-dealkylation sites (tertiary alicyclic amines) is 1. The van der Waals surface area contributed by atoms with E-state index in [1.807, 2.05) is 52.0 Å². The highest BCUT2D eigenvalue weighted by Gasteiger charge is 2.27. The van der Waals surface area contributed by atoms with Gasteiger partial charge >= 0.3 is 6.09 Å². The molecule has 0 unspecified atom stereocenters. The van der Waals surface area contributed by atoms with Crippen LogP contribution in [-0.2, 0) is 4.74 Å². The Morgan fingerprint density at radius 1 is 1.07 bits per heavy atom. The number of carbonyl (C=O) groups excluding carboxylic acids is 1. The van der Waals surface area contributed by atoms with E-state index in [4.69, 9.17) is 14.2 Å². The van der Waals surface area contributed by atoms with Crippen molar-refractivity contribution in [3.8, 4) is 11.8 Å². The zero-order valence-electron chi connectivity index (χ0n) is 17.1. The third-order valence-corrected chi connectivity index (χ3v) is 4.51. The van der Waals surface area contributed by atoms with Crippen LogP contribution in [0.15, 0.2) is 24.3 Å². The normalized spacial score (nSPS) is 15.5. The quantitative estimate of drug-likeness (QED) is 0.770. The second kappa shape index (κ2) is 8.63. The number of aromatic nitrogens is 2. The number of amides is 1. The van der Waals surface area contributed by atoms with Gasteiger partial charge in [-0.2, -0.15) is 0 Å². The summed E-state index contributed by atoms with van der Waals surface area (Å²) in [6.07, 6.45) is 1.49. The summed E-state index contributed by atoms with van der Waals surface area (Å²) in [5, 5.41) is 0. The van der Waals surface area contributed by atoms with Crippen LogP contribution in [0, 0.1) is 5.92 Å². The monoisotopic (exact) mass is 387 g/mol. The molecule has 0 atom stereocenters. The third kappa shape index (κ3) is 5.24. The van der Waals surface area contributed by atoms with Gasteiger partial charge in [0, 0.05) is 13.1 Å². The van der Waals surface area contributed by atoms with E-state index < -0.39 is 5.60 Å². The Morgan fingerprint density at radius 2 is 1.64 bits per heavy atom. The van der Waals surface area contributed by atoms with Crippen molar-refractivity contribution >= 4 is 17.1 Å². The molecular weight excluding hydrogens is 358 g/mol. The Labute approximate surface area is 166 Å². The molecule has 152 valence electrons. The first kappa shape index (κ1) is 20.2. The summed E-state index contributed by atoms with van der Waals surface area (Å²) < 4.78 is 17.0. The van der Waals surface area contributed by atoms with Gasteiger partial charge in [0.2, 0.25) is 0 Å². The van der Waals surface area contributed by atoms with Crippen LogP contribution in [0.2, 0.25) is 0 Å². The summed E-state index contributed by atoms with van der Waals surface area (Å²) in [7, 11) is 0. The van der Waals surface area contributed by atoms with Gasteiger partial charge in [-0.3, -0.25) is 0 Å². The number of benzene rings is 1. The number of fused-ring (bicyclic) bond motifs is 1. The van der Waals surface area contributed by atoms with Crippen molar-refractivity contribution in [2.75, 3.05) is 26.3 Å². The molecule has 1 aromatic carbocycles. The molecule has 2 heterocycles. The van der Waals surface area contributed by atoms with Crippen LogP contribution >= 0.6 is 0 Å². The lowest BCUT2D eigenvalue weighted by Crippen LogP contribution is -2.42. The summed E-state index contributed by atoms with van der Waals surface area (Å²) in [6, 6.07) is 7.66. The van der Waals surface area contributed by atoms with E-state index in [2.05, 4.69) is 9.97 Å². The van der Waals surface area contributed by atoms with E-state index >= 15 is 0 Å². The minimum atomic E-state index is -0.471. The van der Waals surface area contributed by atoms with Gasteiger partial charge in [-0.15, -0.1) is 0 Å². The molecule has 0 N–H and O–H groups in total. The molecule has 3 rings (SSSR count). The zero-order chi connectivity index (χ0) is 20.1.